The molecular formula is C18H17BrN2O5. The second-order valence-electron chi connectivity index (χ2n) is 5.19. The molecule has 0 unspecified atom stereocenters. The molecule has 136 valence electrons. The molecule has 0 radical (unpaired) electrons. The Labute approximate surface area is 158 Å². The van der Waals surface area contributed by atoms with Crippen molar-refractivity contribution in [3.63, 3.8) is 0 Å². The number of hydrogen-bond donors (Lipinski definition) is 3. The predicted octanol–water partition coefficient (Wildman–Crippen LogP) is 2.57. The van der Waals surface area contributed by atoms with Crippen molar-refractivity contribution in [2.24, 2.45) is 0 Å². The zero-order valence-electron chi connectivity index (χ0n) is 13.7. The third-order valence-corrected chi connectivity index (χ3v) is 3.85. The Morgan fingerprint density at radius 3 is 2.54 bits per heavy atom. The summed E-state index contributed by atoms with van der Waals surface area (Å²) in [6, 6.07) is 11.1. The number of anilines is 1. The lowest BCUT2D eigenvalue weighted by Crippen LogP contribution is -2.22. The Balaban J connectivity index is 1.98. The average Bonchev–Trinajstić information content (AvgIpc) is 2.63. The van der Waals surface area contributed by atoms with E-state index >= 15 is 0 Å². The third-order valence-electron chi connectivity index (χ3n) is 3.35. The van der Waals surface area contributed by atoms with E-state index in [-0.39, 0.29) is 17.8 Å². The highest BCUT2D eigenvalue weighted by molar-refractivity contribution is 9.10. The van der Waals surface area contributed by atoms with Crippen molar-refractivity contribution in [1.29, 1.82) is 0 Å². The Morgan fingerprint density at radius 1 is 1.15 bits per heavy atom. The topological polar surface area (TPSA) is 105 Å². The van der Waals surface area contributed by atoms with Crippen LogP contribution < -0.4 is 15.4 Å². The van der Waals surface area contributed by atoms with Crippen LogP contribution in [0.3, 0.4) is 0 Å². The van der Waals surface area contributed by atoms with E-state index in [1.807, 2.05) is 0 Å². The number of carbonyl (C=O) groups is 3. The van der Waals surface area contributed by atoms with Gasteiger partial charge in [0.2, 0.25) is 0 Å². The summed E-state index contributed by atoms with van der Waals surface area (Å²) in [5.41, 5.74) is 0.582. The van der Waals surface area contributed by atoms with Crippen LogP contribution in [0.15, 0.2) is 46.9 Å². The van der Waals surface area contributed by atoms with Gasteiger partial charge in [-0.2, -0.15) is 0 Å². The number of amides is 1. The van der Waals surface area contributed by atoms with Gasteiger partial charge < -0.3 is 25.3 Å². The quantitative estimate of drug-likeness (QED) is 0.425. The van der Waals surface area contributed by atoms with E-state index in [9.17, 15) is 19.5 Å². The minimum Gasteiger partial charge on any atom is -0.492 e. The van der Waals surface area contributed by atoms with E-state index in [0.717, 1.165) is 6.29 Å². The summed E-state index contributed by atoms with van der Waals surface area (Å²) < 4.78 is 6.08. The van der Waals surface area contributed by atoms with E-state index in [1.165, 1.54) is 12.1 Å². The zero-order valence-corrected chi connectivity index (χ0v) is 15.3. The molecule has 2 rings (SSSR count). The number of benzene rings is 2. The van der Waals surface area contributed by atoms with E-state index in [2.05, 4.69) is 26.6 Å². The van der Waals surface area contributed by atoms with Gasteiger partial charge in [-0.05, 0) is 42.5 Å². The molecule has 0 bridgehead atoms. The van der Waals surface area contributed by atoms with Crippen molar-refractivity contribution in [2.75, 3.05) is 25.0 Å². The minimum atomic E-state index is -1.13. The molecular weight excluding hydrogens is 404 g/mol. The molecule has 0 aliphatic rings. The molecule has 2 aromatic carbocycles. The molecule has 0 aliphatic carbocycles. The average molecular weight is 421 g/mol. The Bertz CT molecular complexity index is 793. The fraction of sp³-hybridized carbons (Fsp3) is 0.167. The van der Waals surface area contributed by atoms with Gasteiger partial charge in [-0.15, -0.1) is 0 Å². The molecule has 0 aliphatic heterocycles. The highest BCUT2D eigenvalue weighted by atomic mass is 79.9. The lowest BCUT2D eigenvalue weighted by Gasteiger charge is -2.10. The van der Waals surface area contributed by atoms with Crippen molar-refractivity contribution in [2.45, 2.75) is 0 Å². The van der Waals surface area contributed by atoms with Gasteiger partial charge in [0.05, 0.1) is 17.8 Å². The first kappa shape index (κ1) is 19.6. The van der Waals surface area contributed by atoms with Crippen molar-refractivity contribution >= 4 is 39.8 Å². The van der Waals surface area contributed by atoms with E-state index in [0.29, 0.717) is 28.9 Å². The van der Waals surface area contributed by atoms with Gasteiger partial charge in [0, 0.05) is 16.6 Å². The number of ether oxygens (including phenoxy) is 1. The van der Waals surface area contributed by atoms with Crippen LogP contribution in [0.2, 0.25) is 0 Å². The Hall–Kier alpha value is -2.71. The summed E-state index contributed by atoms with van der Waals surface area (Å²) in [6.45, 7) is 1.19. The van der Waals surface area contributed by atoms with Gasteiger partial charge >= 0.3 is 5.97 Å². The molecule has 26 heavy (non-hydrogen) atoms. The summed E-state index contributed by atoms with van der Waals surface area (Å²) in [5, 5.41) is 14.7. The number of carbonyl (C=O) groups excluding carboxylic acids is 2. The largest absolute Gasteiger partial charge is 0.492 e. The number of rotatable bonds is 9. The van der Waals surface area contributed by atoms with E-state index < -0.39 is 11.9 Å². The highest BCUT2D eigenvalue weighted by Crippen LogP contribution is 2.22. The van der Waals surface area contributed by atoms with Crippen LogP contribution in [-0.2, 0) is 4.79 Å². The van der Waals surface area contributed by atoms with Crippen LogP contribution in [0.5, 0.6) is 5.75 Å². The first-order chi connectivity index (χ1) is 12.5. The molecule has 1 amide bonds. The van der Waals surface area contributed by atoms with Gasteiger partial charge in [-0.1, -0.05) is 15.9 Å². The SMILES string of the molecule is O=CCNCCOc1ccc(C(=O)Nc2ccc(Br)cc2C(=O)O)cc1. The molecule has 0 fully saturated rings. The molecule has 0 spiro atoms. The van der Waals surface area contributed by atoms with Crippen LogP contribution in [0.25, 0.3) is 0 Å². The van der Waals surface area contributed by atoms with Gasteiger partial charge in [-0.25, -0.2) is 4.79 Å². The summed E-state index contributed by atoms with van der Waals surface area (Å²) in [6.07, 6.45) is 0.772. The first-order valence-electron chi connectivity index (χ1n) is 7.72. The van der Waals surface area contributed by atoms with Crippen LogP contribution in [0, 0.1) is 0 Å². The summed E-state index contributed by atoms with van der Waals surface area (Å²) in [5.74, 6) is -0.966. The maximum atomic E-state index is 12.3. The monoisotopic (exact) mass is 420 g/mol. The molecule has 2 aromatic rings. The van der Waals surface area contributed by atoms with Crippen LogP contribution in [-0.4, -0.2) is 43.0 Å². The zero-order chi connectivity index (χ0) is 18.9. The lowest BCUT2D eigenvalue weighted by atomic mass is 10.1. The van der Waals surface area contributed by atoms with E-state index in [1.54, 1.807) is 30.3 Å². The van der Waals surface area contributed by atoms with Crippen LogP contribution in [0.1, 0.15) is 20.7 Å². The number of halogens is 1. The van der Waals surface area contributed by atoms with Crippen molar-refractivity contribution < 1.29 is 24.2 Å². The minimum absolute atomic E-state index is 0.00416. The molecule has 0 saturated carbocycles. The van der Waals surface area contributed by atoms with Crippen molar-refractivity contribution in [3.8, 4) is 5.75 Å². The predicted molar refractivity (Wildman–Crippen MR) is 99.9 cm³/mol. The number of nitrogens with one attached hydrogen (secondary N) is 2. The summed E-state index contributed by atoms with van der Waals surface area (Å²) in [4.78, 5) is 33.8. The van der Waals surface area contributed by atoms with Gasteiger partial charge in [0.25, 0.3) is 5.91 Å². The number of aldehydes is 1. The Kier molecular flexibility index (Phi) is 7.31. The second-order valence-corrected chi connectivity index (χ2v) is 6.11. The van der Waals surface area contributed by atoms with Gasteiger partial charge in [0.15, 0.2) is 0 Å². The van der Waals surface area contributed by atoms with Crippen molar-refractivity contribution in [1.82, 2.24) is 5.32 Å². The molecule has 7 nitrogen and oxygen atoms in total. The first-order valence-corrected chi connectivity index (χ1v) is 8.52. The molecule has 0 heterocycles. The number of carboxylic acids is 1. The van der Waals surface area contributed by atoms with Crippen LogP contribution >= 0.6 is 15.9 Å². The fourth-order valence-corrected chi connectivity index (χ4v) is 2.46. The summed E-state index contributed by atoms with van der Waals surface area (Å²) in [7, 11) is 0. The molecule has 0 atom stereocenters. The fourth-order valence-electron chi connectivity index (χ4n) is 2.10. The molecule has 0 saturated heterocycles. The molecule has 8 heteroatoms. The third kappa shape index (κ3) is 5.68. The number of carboxylic acid groups (broad SMARTS) is 1. The van der Waals surface area contributed by atoms with Crippen molar-refractivity contribution in [3.05, 3.63) is 58.1 Å². The molecule has 3 N–H and O–H groups in total. The Morgan fingerprint density at radius 2 is 1.88 bits per heavy atom. The maximum Gasteiger partial charge on any atom is 0.337 e. The second kappa shape index (κ2) is 9.69. The van der Waals surface area contributed by atoms with Gasteiger partial charge in [-0.3, -0.25) is 4.79 Å². The maximum absolute atomic E-state index is 12.3. The van der Waals surface area contributed by atoms with Gasteiger partial charge in [0.1, 0.15) is 18.6 Å². The number of hydrogen-bond acceptors (Lipinski definition) is 5. The lowest BCUT2D eigenvalue weighted by molar-refractivity contribution is -0.107. The highest BCUT2D eigenvalue weighted by Gasteiger charge is 2.14. The van der Waals surface area contributed by atoms with Crippen LogP contribution in [0.4, 0.5) is 5.69 Å². The standard InChI is InChI=1S/C18H17BrN2O5/c19-13-3-6-16(15(11-13)18(24)25)21-17(23)12-1-4-14(5-2-12)26-10-8-20-7-9-22/h1-6,9,11,20H,7-8,10H2,(H,21,23)(H,24,25). The number of aromatic carboxylic acids is 1. The normalized spacial score (nSPS) is 10.2. The summed E-state index contributed by atoms with van der Waals surface area (Å²) >= 11 is 3.21. The van der Waals surface area contributed by atoms with E-state index in [4.69, 9.17) is 4.74 Å². The molecule has 0 aromatic heterocycles. The smallest absolute Gasteiger partial charge is 0.337 e.